The van der Waals surface area contributed by atoms with E-state index in [2.05, 4.69) is 107 Å². The van der Waals surface area contributed by atoms with Gasteiger partial charge < -0.3 is 9.64 Å². The quantitative estimate of drug-likeness (QED) is 0.249. The van der Waals surface area contributed by atoms with Gasteiger partial charge in [0.05, 0.1) is 22.7 Å². The highest BCUT2D eigenvalue weighted by atomic mass is 16.5. The zero-order valence-corrected chi connectivity index (χ0v) is 19.9. The standard InChI is InChI=1S/C33H21N3O/c1-2-12-23(13-3-1)35-25-15-4-5-17-28(25)37-29-20-19-27-32(33(29)35)24-14-8-10-22-11-9-16-26(31(22)24)36(27)30-18-6-7-21-34-30/h1-21H. The maximum absolute atomic E-state index is 6.54. The molecule has 6 aromatic rings. The van der Waals surface area contributed by atoms with Gasteiger partial charge in [0, 0.05) is 22.8 Å². The summed E-state index contributed by atoms with van der Waals surface area (Å²) < 4.78 is 6.54. The molecule has 2 aliphatic heterocycles. The molecular formula is C33H21N3O. The van der Waals surface area contributed by atoms with Crippen LogP contribution in [0.25, 0.3) is 21.9 Å². The molecule has 0 unspecified atom stereocenters. The zero-order chi connectivity index (χ0) is 24.3. The Morgan fingerprint density at radius 1 is 0.541 bits per heavy atom. The molecule has 0 saturated carbocycles. The molecular weight excluding hydrogens is 454 g/mol. The summed E-state index contributed by atoms with van der Waals surface area (Å²) in [5, 5.41) is 2.41. The molecule has 0 saturated heterocycles. The van der Waals surface area contributed by atoms with Crippen LogP contribution in [0.4, 0.5) is 34.3 Å². The number of para-hydroxylation sites is 3. The average molecular weight is 476 g/mol. The third-order valence-corrected chi connectivity index (χ3v) is 7.20. The lowest BCUT2D eigenvalue weighted by atomic mass is 9.88. The van der Waals surface area contributed by atoms with E-state index in [1.165, 1.54) is 16.3 Å². The smallest absolute Gasteiger partial charge is 0.152 e. The van der Waals surface area contributed by atoms with Crippen molar-refractivity contribution in [2.45, 2.75) is 0 Å². The highest BCUT2D eigenvalue weighted by Gasteiger charge is 2.35. The van der Waals surface area contributed by atoms with Crippen LogP contribution < -0.4 is 14.5 Å². The Labute approximate surface area is 214 Å². The minimum Gasteiger partial charge on any atom is -0.453 e. The van der Waals surface area contributed by atoms with E-state index in [0.29, 0.717) is 0 Å². The molecule has 4 heteroatoms. The third-order valence-electron chi connectivity index (χ3n) is 7.20. The van der Waals surface area contributed by atoms with Gasteiger partial charge in [0.25, 0.3) is 0 Å². The van der Waals surface area contributed by atoms with Gasteiger partial charge in [0.2, 0.25) is 0 Å². The summed E-state index contributed by atoms with van der Waals surface area (Å²) in [5.74, 6) is 2.56. The summed E-state index contributed by atoms with van der Waals surface area (Å²) in [5.41, 5.74) is 7.66. The molecule has 2 aliphatic rings. The van der Waals surface area contributed by atoms with E-state index in [4.69, 9.17) is 9.72 Å². The first kappa shape index (κ1) is 20.1. The van der Waals surface area contributed by atoms with Gasteiger partial charge in [-0.1, -0.05) is 66.7 Å². The van der Waals surface area contributed by atoms with Gasteiger partial charge in [-0.2, -0.15) is 0 Å². The number of fused-ring (bicyclic) bond motifs is 5. The number of benzene rings is 5. The van der Waals surface area contributed by atoms with Crippen molar-refractivity contribution >= 4 is 45.0 Å². The highest BCUT2D eigenvalue weighted by molar-refractivity contribution is 6.17. The molecule has 5 aromatic carbocycles. The lowest BCUT2D eigenvalue weighted by Crippen LogP contribution is -2.21. The molecule has 0 bridgehead atoms. The Bertz CT molecular complexity index is 1810. The maximum Gasteiger partial charge on any atom is 0.152 e. The fourth-order valence-corrected chi connectivity index (χ4v) is 5.71. The summed E-state index contributed by atoms with van der Waals surface area (Å²) in [6, 6.07) is 42.1. The number of rotatable bonds is 2. The van der Waals surface area contributed by atoms with Gasteiger partial charge in [0.1, 0.15) is 5.82 Å². The minimum absolute atomic E-state index is 0.832. The molecule has 0 fully saturated rings. The van der Waals surface area contributed by atoms with Crippen molar-refractivity contribution in [3.05, 3.63) is 128 Å². The van der Waals surface area contributed by atoms with E-state index in [9.17, 15) is 0 Å². The zero-order valence-electron chi connectivity index (χ0n) is 19.9. The summed E-state index contributed by atoms with van der Waals surface area (Å²) >= 11 is 0. The van der Waals surface area contributed by atoms with Crippen LogP contribution in [0.1, 0.15) is 0 Å². The van der Waals surface area contributed by atoms with Crippen LogP contribution in [-0.4, -0.2) is 4.98 Å². The topological polar surface area (TPSA) is 28.6 Å². The van der Waals surface area contributed by atoms with Crippen molar-refractivity contribution in [3.63, 3.8) is 0 Å². The number of aromatic nitrogens is 1. The highest BCUT2D eigenvalue weighted by Crippen LogP contribution is 2.60. The third kappa shape index (κ3) is 2.87. The number of ether oxygens (including phenoxy) is 1. The van der Waals surface area contributed by atoms with Crippen molar-refractivity contribution in [1.82, 2.24) is 4.98 Å². The number of hydrogen-bond donors (Lipinski definition) is 0. The van der Waals surface area contributed by atoms with Gasteiger partial charge in [-0.3, -0.25) is 4.90 Å². The summed E-state index contributed by atoms with van der Waals surface area (Å²) in [6.45, 7) is 0. The Morgan fingerprint density at radius 3 is 2.19 bits per heavy atom. The van der Waals surface area contributed by atoms with E-state index in [1.54, 1.807) is 0 Å². The molecule has 0 atom stereocenters. The second kappa shape index (κ2) is 7.70. The molecule has 0 spiro atoms. The van der Waals surface area contributed by atoms with Crippen LogP contribution in [0.5, 0.6) is 11.5 Å². The fraction of sp³-hybridized carbons (Fsp3) is 0. The summed E-state index contributed by atoms with van der Waals surface area (Å²) in [4.78, 5) is 9.37. The van der Waals surface area contributed by atoms with Crippen molar-refractivity contribution in [1.29, 1.82) is 0 Å². The van der Waals surface area contributed by atoms with Crippen molar-refractivity contribution in [2.75, 3.05) is 9.80 Å². The van der Waals surface area contributed by atoms with E-state index in [0.717, 1.165) is 51.3 Å². The van der Waals surface area contributed by atoms with Crippen LogP contribution in [0.3, 0.4) is 0 Å². The number of hydrogen-bond acceptors (Lipinski definition) is 4. The van der Waals surface area contributed by atoms with Gasteiger partial charge in [-0.05, 0) is 65.5 Å². The molecule has 4 nitrogen and oxygen atoms in total. The summed E-state index contributed by atoms with van der Waals surface area (Å²) in [7, 11) is 0. The Kier molecular flexibility index (Phi) is 4.19. The van der Waals surface area contributed by atoms with Crippen LogP contribution in [0.2, 0.25) is 0 Å². The predicted molar refractivity (Wildman–Crippen MR) is 150 cm³/mol. The van der Waals surface area contributed by atoms with Crippen molar-refractivity contribution in [3.8, 4) is 22.6 Å². The molecule has 0 radical (unpaired) electrons. The van der Waals surface area contributed by atoms with E-state index in [-0.39, 0.29) is 0 Å². The van der Waals surface area contributed by atoms with Crippen LogP contribution in [-0.2, 0) is 0 Å². The molecule has 3 heterocycles. The molecule has 174 valence electrons. The molecule has 8 rings (SSSR count). The van der Waals surface area contributed by atoms with E-state index in [1.807, 2.05) is 30.5 Å². The van der Waals surface area contributed by atoms with E-state index < -0.39 is 0 Å². The average Bonchev–Trinajstić information content (AvgIpc) is 2.97. The van der Waals surface area contributed by atoms with E-state index >= 15 is 0 Å². The summed E-state index contributed by atoms with van der Waals surface area (Å²) in [6.07, 6.45) is 1.85. The SMILES string of the molecule is c1ccc(N2c3ccccc3Oc3ccc4c(c32)-c2cccc3cccc(c23)N4c2ccccn2)cc1. The van der Waals surface area contributed by atoms with Crippen LogP contribution >= 0.6 is 0 Å². The maximum atomic E-state index is 6.54. The lowest BCUT2D eigenvalue weighted by molar-refractivity contribution is 0.477. The second-order valence-corrected chi connectivity index (χ2v) is 9.25. The first-order valence-electron chi connectivity index (χ1n) is 12.4. The molecule has 1 aromatic heterocycles. The monoisotopic (exact) mass is 475 g/mol. The molecule has 0 N–H and O–H groups in total. The van der Waals surface area contributed by atoms with Crippen LogP contribution in [0, 0.1) is 0 Å². The normalized spacial score (nSPS) is 13.0. The van der Waals surface area contributed by atoms with Crippen molar-refractivity contribution in [2.24, 2.45) is 0 Å². The Morgan fingerprint density at radius 2 is 1.32 bits per heavy atom. The molecule has 0 aliphatic carbocycles. The lowest BCUT2D eigenvalue weighted by Gasteiger charge is -2.39. The number of anilines is 6. The first-order chi connectivity index (χ1) is 18.4. The first-order valence-corrected chi connectivity index (χ1v) is 12.4. The fourth-order valence-electron chi connectivity index (χ4n) is 5.71. The number of nitrogens with zero attached hydrogens (tertiary/aromatic N) is 3. The minimum atomic E-state index is 0.832. The number of pyridine rings is 1. The van der Waals surface area contributed by atoms with Gasteiger partial charge in [0.15, 0.2) is 11.5 Å². The largest absolute Gasteiger partial charge is 0.453 e. The Hall–Kier alpha value is -5.09. The second-order valence-electron chi connectivity index (χ2n) is 9.25. The molecule has 37 heavy (non-hydrogen) atoms. The van der Waals surface area contributed by atoms with Crippen LogP contribution in [0.15, 0.2) is 128 Å². The van der Waals surface area contributed by atoms with Gasteiger partial charge in [-0.15, -0.1) is 0 Å². The molecule has 0 amide bonds. The predicted octanol–water partition coefficient (Wildman–Crippen LogP) is 9.26. The van der Waals surface area contributed by atoms with Gasteiger partial charge in [-0.25, -0.2) is 4.98 Å². The Balaban J connectivity index is 1.52. The van der Waals surface area contributed by atoms with Crippen molar-refractivity contribution < 1.29 is 4.74 Å². The van der Waals surface area contributed by atoms with Gasteiger partial charge >= 0.3 is 0 Å².